The first-order chi connectivity index (χ1) is 13.8. The molecule has 0 atom stereocenters. The highest BCUT2D eigenvalue weighted by atomic mass is 16.5. The van der Waals surface area contributed by atoms with Gasteiger partial charge in [-0.05, 0) is 63.1 Å². The summed E-state index contributed by atoms with van der Waals surface area (Å²) in [5, 5.41) is 9.02. The second-order valence-electron chi connectivity index (χ2n) is 7.85. The van der Waals surface area contributed by atoms with Crippen LogP contribution in [-0.4, -0.2) is 36.5 Å². The van der Waals surface area contributed by atoms with Crippen molar-refractivity contribution in [3.05, 3.63) is 59.2 Å². The summed E-state index contributed by atoms with van der Waals surface area (Å²) in [6.45, 7) is 9.77. The van der Waals surface area contributed by atoms with E-state index >= 15 is 0 Å². The summed E-state index contributed by atoms with van der Waals surface area (Å²) in [4.78, 5) is 17.9. The maximum absolute atomic E-state index is 11.0. The number of anilines is 1. The molecule has 3 rings (SSSR count). The fourth-order valence-electron chi connectivity index (χ4n) is 3.86. The number of carboxylic acids is 1. The van der Waals surface area contributed by atoms with Gasteiger partial charge in [0.25, 0.3) is 0 Å². The standard InChI is InChI=1S/C24H28N2O3/c1-6-11-26-21-13-22(29-5)18(12-20(21)16(2)14-24(26,3)4)15-25-19-9-7-17(8-10-19)23(27)28/h7-10,12-15H,6,11H2,1-5H3,(H,27,28). The Labute approximate surface area is 172 Å². The van der Waals surface area contributed by atoms with Gasteiger partial charge in [-0.15, -0.1) is 0 Å². The number of ether oxygens (including phenoxy) is 1. The number of hydrogen-bond donors (Lipinski definition) is 1. The van der Waals surface area contributed by atoms with E-state index in [4.69, 9.17) is 9.84 Å². The van der Waals surface area contributed by atoms with E-state index in [-0.39, 0.29) is 11.1 Å². The first-order valence-electron chi connectivity index (χ1n) is 9.83. The minimum absolute atomic E-state index is 0.0560. The van der Waals surface area contributed by atoms with Crippen molar-refractivity contribution < 1.29 is 14.6 Å². The Morgan fingerprint density at radius 1 is 1.24 bits per heavy atom. The number of carbonyl (C=O) groups is 1. The molecule has 152 valence electrons. The highest BCUT2D eigenvalue weighted by Gasteiger charge is 2.31. The second kappa shape index (κ2) is 8.11. The topological polar surface area (TPSA) is 62.1 Å². The summed E-state index contributed by atoms with van der Waals surface area (Å²) >= 11 is 0. The lowest BCUT2D eigenvalue weighted by molar-refractivity contribution is 0.0697. The third-order valence-electron chi connectivity index (χ3n) is 5.24. The molecule has 0 fully saturated rings. The largest absolute Gasteiger partial charge is 0.496 e. The quantitative estimate of drug-likeness (QED) is 0.654. The number of allylic oxidation sites excluding steroid dienone is 1. The minimum atomic E-state index is -0.946. The molecule has 1 aliphatic heterocycles. The fourth-order valence-corrected chi connectivity index (χ4v) is 3.86. The first-order valence-corrected chi connectivity index (χ1v) is 9.83. The van der Waals surface area contributed by atoms with Crippen LogP contribution in [0.3, 0.4) is 0 Å². The molecule has 0 unspecified atom stereocenters. The number of rotatable bonds is 6. The van der Waals surface area contributed by atoms with Gasteiger partial charge >= 0.3 is 5.97 Å². The molecule has 1 N–H and O–H groups in total. The summed E-state index contributed by atoms with van der Waals surface area (Å²) in [6, 6.07) is 10.7. The van der Waals surface area contributed by atoms with Crippen LogP contribution in [0, 0.1) is 0 Å². The second-order valence-corrected chi connectivity index (χ2v) is 7.85. The molecular weight excluding hydrogens is 364 g/mol. The Kier molecular flexibility index (Phi) is 5.78. The van der Waals surface area contributed by atoms with E-state index in [0.717, 1.165) is 24.3 Å². The number of carboxylic acid groups (broad SMARTS) is 1. The normalized spacial score (nSPS) is 15.2. The molecule has 0 amide bonds. The van der Waals surface area contributed by atoms with Crippen LogP contribution in [-0.2, 0) is 0 Å². The van der Waals surface area contributed by atoms with Crippen molar-refractivity contribution in [2.45, 2.75) is 39.7 Å². The molecule has 5 nitrogen and oxygen atoms in total. The lowest BCUT2D eigenvalue weighted by atomic mass is 9.87. The molecule has 1 aliphatic rings. The van der Waals surface area contributed by atoms with Crippen LogP contribution in [0.1, 0.15) is 55.6 Å². The summed E-state index contributed by atoms with van der Waals surface area (Å²) in [5.41, 5.74) is 5.36. The van der Waals surface area contributed by atoms with E-state index in [2.05, 4.69) is 55.8 Å². The van der Waals surface area contributed by atoms with Gasteiger partial charge < -0.3 is 14.7 Å². The van der Waals surface area contributed by atoms with Crippen molar-refractivity contribution in [2.24, 2.45) is 4.99 Å². The Balaban J connectivity index is 2.01. The molecule has 5 heteroatoms. The zero-order valence-electron chi connectivity index (χ0n) is 17.7. The molecule has 0 radical (unpaired) electrons. The maximum atomic E-state index is 11.0. The molecule has 0 aliphatic carbocycles. The van der Waals surface area contributed by atoms with E-state index in [0.29, 0.717) is 5.69 Å². The van der Waals surface area contributed by atoms with Crippen LogP contribution in [0.25, 0.3) is 5.57 Å². The summed E-state index contributed by atoms with van der Waals surface area (Å²) < 4.78 is 5.67. The van der Waals surface area contributed by atoms with E-state index in [9.17, 15) is 4.79 Å². The third kappa shape index (κ3) is 4.19. The Hall–Kier alpha value is -3.08. The average Bonchev–Trinajstić information content (AvgIpc) is 2.69. The van der Waals surface area contributed by atoms with Crippen molar-refractivity contribution in [1.29, 1.82) is 0 Å². The first kappa shape index (κ1) is 20.6. The predicted octanol–water partition coefficient (Wildman–Crippen LogP) is 5.56. The van der Waals surface area contributed by atoms with Crippen molar-refractivity contribution in [1.82, 2.24) is 0 Å². The Bertz CT molecular complexity index is 972. The van der Waals surface area contributed by atoms with Crippen molar-refractivity contribution in [2.75, 3.05) is 18.6 Å². The van der Waals surface area contributed by atoms with E-state index in [1.807, 2.05) is 0 Å². The number of methoxy groups -OCH3 is 1. The highest BCUT2D eigenvalue weighted by molar-refractivity contribution is 5.92. The van der Waals surface area contributed by atoms with Gasteiger partial charge in [0.1, 0.15) is 5.75 Å². The highest BCUT2D eigenvalue weighted by Crippen LogP contribution is 2.42. The number of fused-ring (bicyclic) bond motifs is 1. The van der Waals surface area contributed by atoms with Crippen LogP contribution in [0.15, 0.2) is 47.5 Å². The van der Waals surface area contributed by atoms with Gasteiger partial charge in [0.05, 0.1) is 23.9 Å². The summed E-state index contributed by atoms with van der Waals surface area (Å²) in [5.74, 6) is -0.181. The molecule has 0 saturated carbocycles. The van der Waals surface area contributed by atoms with Gasteiger partial charge in [-0.1, -0.05) is 13.0 Å². The van der Waals surface area contributed by atoms with E-state index < -0.39 is 5.97 Å². The van der Waals surface area contributed by atoms with Crippen LogP contribution in [0.5, 0.6) is 5.75 Å². The molecule has 1 heterocycles. The average molecular weight is 392 g/mol. The number of aliphatic imine (C=N–C) groups is 1. The number of nitrogens with zero attached hydrogens (tertiary/aromatic N) is 2. The third-order valence-corrected chi connectivity index (χ3v) is 5.24. The molecule has 0 saturated heterocycles. The van der Waals surface area contributed by atoms with Gasteiger partial charge in [0.2, 0.25) is 0 Å². The predicted molar refractivity (Wildman–Crippen MR) is 119 cm³/mol. The molecule has 0 spiro atoms. The zero-order chi connectivity index (χ0) is 21.2. The monoisotopic (exact) mass is 392 g/mol. The van der Waals surface area contributed by atoms with Crippen molar-refractivity contribution >= 4 is 29.1 Å². The van der Waals surface area contributed by atoms with Crippen LogP contribution in [0.4, 0.5) is 11.4 Å². The number of hydrogen-bond acceptors (Lipinski definition) is 4. The van der Waals surface area contributed by atoms with Crippen molar-refractivity contribution in [3.8, 4) is 5.75 Å². The summed E-state index contributed by atoms with van der Waals surface area (Å²) in [6.07, 6.45) is 5.14. The number of benzene rings is 2. The van der Waals surface area contributed by atoms with Gasteiger partial charge in [-0.2, -0.15) is 0 Å². The lowest BCUT2D eigenvalue weighted by Gasteiger charge is -2.43. The van der Waals surface area contributed by atoms with Gasteiger partial charge in [0.15, 0.2) is 0 Å². The minimum Gasteiger partial charge on any atom is -0.496 e. The molecule has 0 aromatic heterocycles. The zero-order valence-corrected chi connectivity index (χ0v) is 17.7. The van der Waals surface area contributed by atoms with Crippen LogP contribution < -0.4 is 9.64 Å². The maximum Gasteiger partial charge on any atom is 0.335 e. The SMILES string of the molecule is CCCN1c2cc(OC)c(C=Nc3ccc(C(=O)O)cc3)cc2C(C)=CC1(C)C. The van der Waals surface area contributed by atoms with Crippen LogP contribution >= 0.6 is 0 Å². The molecular formula is C24H28N2O3. The Morgan fingerprint density at radius 2 is 1.93 bits per heavy atom. The van der Waals surface area contributed by atoms with E-state index in [1.165, 1.54) is 16.8 Å². The van der Waals surface area contributed by atoms with Gasteiger partial charge in [-0.25, -0.2) is 4.79 Å². The Morgan fingerprint density at radius 3 is 2.52 bits per heavy atom. The van der Waals surface area contributed by atoms with Gasteiger partial charge in [-0.3, -0.25) is 4.99 Å². The smallest absolute Gasteiger partial charge is 0.335 e. The molecule has 29 heavy (non-hydrogen) atoms. The van der Waals surface area contributed by atoms with E-state index in [1.54, 1.807) is 37.6 Å². The van der Waals surface area contributed by atoms with Crippen molar-refractivity contribution in [3.63, 3.8) is 0 Å². The molecule has 2 aromatic carbocycles. The molecule has 0 bridgehead atoms. The fraction of sp³-hybridized carbons (Fsp3) is 0.333. The lowest BCUT2D eigenvalue weighted by Crippen LogP contribution is -2.45. The summed E-state index contributed by atoms with van der Waals surface area (Å²) in [7, 11) is 1.67. The van der Waals surface area contributed by atoms with Gasteiger partial charge in [0, 0.05) is 35.6 Å². The number of aromatic carboxylic acids is 1. The molecule has 2 aromatic rings. The van der Waals surface area contributed by atoms with Crippen LogP contribution in [0.2, 0.25) is 0 Å².